The minimum atomic E-state index is -3.20. The Morgan fingerprint density at radius 2 is 1.85 bits per heavy atom. The Bertz CT molecular complexity index is 721. The van der Waals surface area contributed by atoms with Crippen molar-refractivity contribution in [3.8, 4) is 0 Å². The number of piperazine rings is 1. The van der Waals surface area contributed by atoms with Gasteiger partial charge in [-0.05, 0) is 25.5 Å². The number of nitrogens with zero attached hydrogens (tertiary/aromatic N) is 2. The molecule has 0 bridgehead atoms. The monoisotopic (exact) mass is 385 g/mol. The van der Waals surface area contributed by atoms with Crippen LogP contribution in [0.2, 0.25) is 0 Å². The fourth-order valence-corrected chi connectivity index (χ4v) is 3.69. The van der Waals surface area contributed by atoms with Crippen molar-refractivity contribution in [3.63, 3.8) is 0 Å². The lowest BCUT2D eigenvalue weighted by Crippen LogP contribution is -2.50. The summed E-state index contributed by atoms with van der Waals surface area (Å²) in [5.74, 6) is 1.58. The van der Waals surface area contributed by atoms with Crippen molar-refractivity contribution >= 4 is 21.8 Å². The van der Waals surface area contributed by atoms with E-state index in [1.165, 1.54) is 10.6 Å². The molecule has 2 heterocycles. The number of hydrogen-bond acceptors (Lipinski definition) is 5. The van der Waals surface area contributed by atoms with E-state index in [4.69, 9.17) is 4.42 Å². The molecule has 146 valence electrons. The van der Waals surface area contributed by atoms with Crippen molar-refractivity contribution in [2.45, 2.75) is 32.6 Å². The predicted molar refractivity (Wildman–Crippen MR) is 97.0 cm³/mol. The van der Waals surface area contributed by atoms with Crippen molar-refractivity contribution in [2.24, 2.45) is 0 Å². The number of amides is 2. The van der Waals surface area contributed by atoms with Gasteiger partial charge in [-0.15, -0.1) is 0 Å². The summed E-state index contributed by atoms with van der Waals surface area (Å²) in [5.41, 5.74) is 0. The van der Waals surface area contributed by atoms with Crippen LogP contribution in [0.1, 0.15) is 30.8 Å². The van der Waals surface area contributed by atoms with E-state index in [1.807, 2.05) is 19.1 Å². The van der Waals surface area contributed by atoms with Crippen LogP contribution in [0.4, 0.5) is 0 Å². The van der Waals surface area contributed by atoms with Crippen molar-refractivity contribution in [1.29, 1.82) is 0 Å². The first kappa shape index (κ1) is 20.4. The van der Waals surface area contributed by atoms with Gasteiger partial charge in [-0.25, -0.2) is 8.42 Å². The Morgan fingerprint density at radius 3 is 2.42 bits per heavy atom. The molecule has 0 atom stereocenters. The first-order valence-corrected chi connectivity index (χ1v) is 10.7. The zero-order chi connectivity index (χ0) is 19.2. The van der Waals surface area contributed by atoms with Crippen LogP contribution in [0.5, 0.6) is 0 Å². The van der Waals surface area contributed by atoms with Crippen molar-refractivity contribution < 1.29 is 22.4 Å². The molecule has 9 heteroatoms. The van der Waals surface area contributed by atoms with E-state index in [9.17, 15) is 18.0 Å². The number of rotatable bonds is 8. The summed E-state index contributed by atoms with van der Waals surface area (Å²) in [6.07, 6.45) is 2.89. The average Bonchev–Trinajstić information content (AvgIpc) is 2.99. The Kier molecular flexibility index (Phi) is 7.22. The van der Waals surface area contributed by atoms with Crippen LogP contribution in [0, 0.1) is 6.92 Å². The highest BCUT2D eigenvalue weighted by Gasteiger charge is 2.25. The highest BCUT2D eigenvalue weighted by Crippen LogP contribution is 2.09. The highest BCUT2D eigenvalue weighted by atomic mass is 32.2. The normalized spacial score (nSPS) is 15.8. The third-order valence-electron chi connectivity index (χ3n) is 4.34. The molecule has 2 rings (SSSR count). The number of carbonyl (C=O) groups excluding carboxylic acids is 2. The van der Waals surface area contributed by atoms with E-state index in [0.717, 1.165) is 11.5 Å². The predicted octanol–water partition coefficient (Wildman–Crippen LogP) is 0.521. The molecule has 0 spiro atoms. The fourth-order valence-electron chi connectivity index (χ4n) is 2.86. The average molecular weight is 385 g/mol. The summed E-state index contributed by atoms with van der Waals surface area (Å²) in [6, 6.07) is 3.78. The third kappa shape index (κ3) is 6.45. The van der Waals surface area contributed by atoms with E-state index in [-0.39, 0.29) is 11.8 Å². The van der Waals surface area contributed by atoms with Crippen LogP contribution in [0.25, 0.3) is 0 Å². The highest BCUT2D eigenvalue weighted by molar-refractivity contribution is 7.88. The van der Waals surface area contributed by atoms with Crippen LogP contribution >= 0.6 is 0 Å². The van der Waals surface area contributed by atoms with Crippen LogP contribution in [-0.4, -0.2) is 68.4 Å². The maximum atomic E-state index is 12.2. The molecule has 2 amide bonds. The fraction of sp³-hybridized carbons (Fsp3) is 0.647. The molecule has 0 aromatic carbocycles. The summed E-state index contributed by atoms with van der Waals surface area (Å²) < 4.78 is 29.7. The Morgan fingerprint density at radius 1 is 1.15 bits per heavy atom. The van der Waals surface area contributed by atoms with Gasteiger partial charge in [0, 0.05) is 52.0 Å². The van der Waals surface area contributed by atoms with Gasteiger partial charge in [0.2, 0.25) is 21.8 Å². The topological polar surface area (TPSA) is 99.9 Å². The van der Waals surface area contributed by atoms with Gasteiger partial charge in [0.05, 0.1) is 6.26 Å². The van der Waals surface area contributed by atoms with Gasteiger partial charge in [-0.1, -0.05) is 0 Å². The summed E-state index contributed by atoms with van der Waals surface area (Å²) in [6.45, 7) is 3.85. The molecule has 1 aromatic rings. The van der Waals surface area contributed by atoms with Crippen LogP contribution in [-0.2, 0) is 26.0 Å². The SMILES string of the molecule is Cc1ccc(CCNC(=O)CCCC(=O)N2CCN(S(C)(=O)=O)CC2)o1. The summed E-state index contributed by atoms with van der Waals surface area (Å²) in [4.78, 5) is 25.6. The van der Waals surface area contributed by atoms with Gasteiger partial charge in [-0.3, -0.25) is 9.59 Å². The summed E-state index contributed by atoms with van der Waals surface area (Å²) in [5, 5.41) is 2.82. The van der Waals surface area contributed by atoms with Crippen molar-refractivity contribution in [1.82, 2.24) is 14.5 Å². The van der Waals surface area contributed by atoms with E-state index in [2.05, 4.69) is 5.32 Å². The maximum absolute atomic E-state index is 12.2. The Hall–Kier alpha value is -1.87. The largest absolute Gasteiger partial charge is 0.466 e. The van der Waals surface area contributed by atoms with Gasteiger partial charge in [0.1, 0.15) is 11.5 Å². The van der Waals surface area contributed by atoms with Crippen molar-refractivity contribution in [2.75, 3.05) is 39.0 Å². The molecule has 26 heavy (non-hydrogen) atoms. The van der Waals surface area contributed by atoms with E-state index < -0.39 is 10.0 Å². The smallest absolute Gasteiger partial charge is 0.222 e. The molecule has 1 saturated heterocycles. The Balaban J connectivity index is 1.58. The zero-order valence-electron chi connectivity index (χ0n) is 15.4. The van der Waals surface area contributed by atoms with Crippen LogP contribution < -0.4 is 5.32 Å². The van der Waals surface area contributed by atoms with Gasteiger partial charge in [0.15, 0.2) is 0 Å². The molecule has 0 unspecified atom stereocenters. The molecule has 0 radical (unpaired) electrons. The molecule has 1 aliphatic rings. The van der Waals surface area contributed by atoms with Gasteiger partial charge in [0.25, 0.3) is 0 Å². The van der Waals surface area contributed by atoms with Crippen LogP contribution in [0.15, 0.2) is 16.5 Å². The molecule has 1 aromatic heterocycles. The van der Waals surface area contributed by atoms with Crippen LogP contribution in [0.3, 0.4) is 0 Å². The minimum Gasteiger partial charge on any atom is -0.466 e. The summed E-state index contributed by atoms with van der Waals surface area (Å²) >= 11 is 0. The number of hydrogen-bond donors (Lipinski definition) is 1. The van der Waals surface area contributed by atoms with E-state index in [1.54, 1.807) is 4.90 Å². The second kappa shape index (κ2) is 9.18. The zero-order valence-corrected chi connectivity index (χ0v) is 16.2. The number of carbonyl (C=O) groups is 2. The number of nitrogens with one attached hydrogen (secondary N) is 1. The standard InChI is InChI=1S/C17H27N3O5S/c1-14-6-7-15(25-14)8-9-18-16(21)4-3-5-17(22)19-10-12-20(13-11-19)26(2,23)24/h6-7H,3-5,8-13H2,1-2H3,(H,18,21). The van der Waals surface area contributed by atoms with Crippen molar-refractivity contribution in [3.05, 3.63) is 23.7 Å². The maximum Gasteiger partial charge on any atom is 0.222 e. The molecular formula is C17H27N3O5S. The lowest BCUT2D eigenvalue weighted by atomic mass is 10.2. The molecule has 0 aliphatic carbocycles. The lowest BCUT2D eigenvalue weighted by Gasteiger charge is -2.33. The number of sulfonamides is 1. The van der Waals surface area contributed by atoms with Gasteiger partial charge in [-0.2, -0.15) is 4.31 Å². The molecular weight excluding hydrogens is 358 g/mol. The first-order valence-electron chi connectivity index (χ1n) is 8.80. The molecule has 1 fully saturated rings. The molecule has 1 N–H and O–H groups in total. The molecule has 0 saturated carbocycles. The second-order valence-electron chi connectivity index (χ2n) is 6.51. The quantitative estimate of drug-likeness (QED) is 0.703. The Labute approximate surface area is 154 Å². The first-order chi connectivity index (χ1) is 12.3. The summed E-state index contributed by atoms with van der Waals surface area (Å²) in [7, 11) is -3.20. The van der Waals surface area contributed by atoms with E-state index in [0.29, 0.717) is 58.4 Å². The van der Waals surface area contributed by atoms with Gasteiger partial charge < -0.3 is 14.6 Å². The third-order valence-corrected chi connectivity index (χ3v) is 5.65. The van der Waals surface area contributed by atoms with Gasteiger partial charge >= 0.3 is 0 Å². The number of furan rings is 1. The molecule has 8 nitrogen and oxygen atoms in total. The minimum absolute atomic E-state index is 0.0305. The molecule has 1 aliphatic heterocycles. The lowest BCUT2D eigenvalue weighted by molar-refractivity contribution is -0.132. The number of aryl methyl sites for hydroxylation is 1. The second-order valence-corrected chi connectivity index (χ2v) is 8.49. The van der Waals surface area contributed by atoms with E-state index >= 15 is 0 Å².